The van der Waals surface area contributed by atoms with E-state index in [-0.39, 0.29) is 23.9 Å². The highest BCUT2D eigenvalue weighted by Gasteiger charge is 2.19. The van der Waals surface area contributed by atoms with E-state index in [0.29, 0.717) is 64.9 Å². The first-order chi connectivity index (χ1) is 17.9. The lowest BCUT2D eigenvalue weighted by atomic mass is 10.1. The minimum absolute atomic E-state index is 0.112. The molecule has 0 radical (unpaired) electrons. The van der Waals surface area contributed by atoms with E-state index in [0.717, 1.165) is 0 Å². The molecule has 0 saturated carbocycles. The Morgan fingerprint density at radius 2 is 1.73 bits per heavy atom. The maximum atomic E-state index is 13.1. The first-order valence-electron chi connectivity index (χ1n) is 12.0. The summed E-state index contributed by atoms with van der Waals surface area (Å²) in [5.41, 5.74) is 2.05. The zero-order valence-corrected chi connectivity index (χ0v) is 20.6. The zero-order chi connectivity index (χ0) is 25.9. The van der Waals surface area contributed by atoms with Gasteiger partial charge in [0.15, 0.2) is 11.5 Å². The first kappa shape index (κ1) is 24.1. The van der Waals surface area contributed by atoms with Crippen molar-refractivity contribution < 1.29 is 19.1 Å². The number of hydrogen-bond acceptors (Lipinski definition) is 6. The van der Waals surface area contributed by atoms with Crippen molar-refractivity contribution in [1.82, 2.24) is 14.5 Å². The largest absolute Gasteiger partial charge is 0.486 e. The second kappa shape index (κ2) is 10.1. The van der Waals surface area contributed by atoms with Gasteiger partial charge in [-0.05, 0) is 62.4 Å². The van der Waals surface area contributed by atoms with Crippen molar-refractivity contribution in [2.45, 2.75) is 13.8 Å². The Bertz CT molecular complexity index is 1540. The van der Waals surface area contributed by atoms with Gasteiger partial charge in [-0.3, -0.25) is 19.0 Å². The fourth-order valence-corrected chi connectivity index (χ4v) is 4.31. The molecule has 5 rings (SSSR count). The van der Waals surface area contributed by atoms with Gasteiger partial charge in [-0.1, -0.05) is 12.1 Å². The summed E-state index contributed by atoms with van der Waals surface area (Å²) >= 11 is 0. The van der Waals surface area contributed by atoms with Crippen LogP contribution in [0.5, 0.6) is 11.5 Å². The van der Waals surface area contributed by atoms with Crippen molar-refractivity contribution in [2.24, 2.45) is 0 Å². The smallest absolute Gasteiger partial charge is 0.265 e. The standard InChI is InChI=1S/C28H26N4O5/c1-3-31(17-26(33)30-20-10-13-24-25(16-20)37-15-14-36-24)27(34)19-8-11-21(12-9-19)32-18(2)29-23-7-5-4-6-22(23)28(32)35/h4-13,16H,3,14-15,17H2,1-2H3,(H,30,33). The predicted molar refractivity (Wildman–Crippen MR) is 140 cm³/mol. The van der Waals surface area contributed by atoms with Crippen LogP contribution in [0.4, 0.5) is 5.69 Å². The van der Waals surface area contributed by atoms with Gasteiger partial charge in [-0.15, -0.1) is 0 Å². The summed E-state index contributed by atoms with van der Waals surface area (Å²) in [5, 5.41) is 3.33. The van der Waals surface area contributed by atoms with Gasteiger partial charge >= 0.3 is 0 Å². The molecule has 0 atom stereocenters. The van der Waals surface area contributed by atoms with Gasteiger partial charge in [-0.25, -0.2) is 4.98 Å². The molecule has 4 aromatic rings. The fourth-order valence-electron chi connectivity index (χ4n) is 4.31. The third-order valence-corrected chi connectivity index (χ3v) is 6.15. The number of hydrogen-bond donors (Lipinski definition) is 1. The number of likely N-dealkylation sites (N-methyl/N-ethyl adjacent to an activating group) is 1. The van der Waals surface area contributed by atoms with E-state index in [2.05, 4.69) is 10.3 Å². The minimum Gasteiger partial charge on any atom is -0.486 e. The van der Waals surface area contributed by atoms with Crippen molar-refractivity contribution in [2.75, 3.05) is 31.6 Å². The van der Waals surface area contributed by atoms with E-state index in [4.69, 9.17) is 9.47 Å². The molecule has 0 saturated heterocycles. The highest BCUT2D eigenvalue weighted by atomic mass is 16.6. The Kier molecular flexibility index (Phi) is 6.59. The molecule has 2 heterocycles. The molecule has 1 aliphatic rings. The van der Waals surface area contributed by atoms with Gasteiger partial charge in [0.1, 0.15) is 25.6 Å². The van der Waals surface area contributed by atoms with Crippen LogP contribution < -0.4 is 20.3 Å². The van der Waals surface area contributed by atoms with E-state index >= 15 is 0 Å². The summed E-state index contributed by atoms with van der Waals surface area (Å²) in [4.78, 5) is 44.9. The van der Waals surface area contributed by atoms with Gasteiger partial charge in [0.2, 0.25) is 5.91 Å². The first-order valence-corrected chi connectivity index (χ1v) is 12.0. The van der Waals surface area contributed by atoms with Crippen molar-refractivity contribution in [3.8, 4) is 17.2 Å². The number of rotatable bonds is 6. The highest BCUT2D eigenvalue weighted by Crippen LogP contribution is 2.32. The lowest BCUT2D eigenvalue weighted by Crippen LogP contribution is -2.37. The number of carbonyl (C=O) groups excluding carboxylic acids is 2. The monoisotopic (exact) mass is 498 g/mol. The molecular weight excluding hydrogens is 472 g/mol. The van der Waals surface area contributed by atoms with Crippen molar-refractivity contribution in [3.05, 3.63) is 88.5 Å². The molecule has 0 bridgehead atoms. The molecule has 0 spiro atoms. The summed E-state index contributed by atoms with van der Waals surface area (Å²) < 4.78 is 12.6. The molecule has 1 aromatic heterocycles. The average Bonchev–Trinajstić information content (AvgIpc) is 2.91. The normalized spacial score (nSPS) is 12.3. The summed E-state index contributed by atoms with van der Waals surface area (Å²) in [7, 11) is 0. The molecule has 3 aromatic carbocycles. The number of fused-ring (bicyclic) bond motifs is 2. The quantitative estimate of drug-likeness (QED) is 0.436. The predicted octanol–water partition coefficient (Wildman–Crippen LogP) is 3.57. The number of amides is 2. The highest BCUT2D eigenvalue weighted by molar-refractivity contribution is 5.99. The molecule has 0 aliphatic carbocycles. The van der Waals surface area contributed by atoms with Crippen LogP contribution in [0.15, 0.2) is 71.5 Å². The van der Waals surface area contributed by atoms with Crippen LogP contribution in [0.2, 0.25) is 0 Å². The second-order valence-electron chi connectivity index (χ2n) is 8.59. The summed E-state index contributed by atoms with van der Waals surface area (Å²) in [5.74, 6) is 1.15. The van der Waals surface area contributed by atoms with Gasteiger partial charge in [0, 0.05) is 23.9 Å². The van der Waals surface area contributed by atoms with E-state index in [9.17, 15) is 14.4 Å². The lowest BCUT2D eigenvalue weighted by Gasteiger charge is -2.22. The summed E-state index contributed by atoms with van der Waals surface area (Å²) in [6.45, 7) is 4.76. The van der Waals surface area contributed by atoms with Crippen molar-refractivity contribution in [1.29, 1.82) is 0 Å². The molecule has 9 nitrogen and oxygen atoms in total. The third-order valence-electron chi connectivity index (χ3n) is 6.15. The number of ether oxygens (including phenoxy) is 2. The van der Waals surface area contributed by atoms with Crippen LogP contribution in [-0.2, 0) is 4.79 Å². The molecule has 9 heteroatoms. The minimum atomic E-state index is -0.326. The number of aromatic nitrogens is 2. The van der Waals surface area contributed by atoms with Gasteiger partial charge in [-0.2, -0.15) is 0 Å². The number of carbonyl (C=O) groups is 2. The Morgan fingerprint density at radius 1 is 1.00 bits per heavy atom. The van der Waals surface area contributed by atoms with Crippen LogP contribution in [0.1, 0.15) is 23.1 Å². The molecular formula is C28H26N4O5. The number of nitrogens with one attached hydrogen (secondary N) is 1. The number of nitrogens with zero attached hydrogens (tertiary/aromatic N) is 3. The summed E-state index contributed by atoms with van der Waals surface area (Å²) in [6.07, 6.45) is 0. The summed E-state index contributed by atoms with van der Waals surface area (Å²) in [6, 6.07) is 19.1. The lowest BCUT2D eigenvalue weighted by molar-refractivity contribution is -0.116. The number of benzene rings is 3. The number of anilines is 1. The SMILES string of the molecule is CCN(CC(=O)Nc1ccc2c(c1)OCCO2)C(=O)c1ccc(-n2c(C)nc3ccccc3c2=O)cc1. The fraction of sp³-hybridized carbons (Fsp3) is 0.214. The number of para-hydroxylation sites is 1. The van der Waals surface area contributed by atoms with Crippen LogP contribution in [0, 0.1) is 6.92 Å². The molecule has 0 fully saturated rings. The van der Waals surface area contributed by atoms with Crippen LogP contribution >= 0.6 is 0 Å². The second-order valence-corrected chi connectivity index (χ2v) is 8.59. The third kappa shape index (κ3) is 4.88. The zero-order valence-electron chi connectivity index (χ0n) is 20.6. The van der Waals surface area contributed by atoms with Crippen LogP contribution in [0.25, 0.3) is 16.6 Å². The maximum absolute atomic E-state index is 13.1. The van der Waals surface area contributed by atoms with Crippen LogP contribution in [-0.4, -0.2) is 52.6 Å². The van der Waals surface area contributed by atoms with E-state index < -0.39 is 0 Å². The van der Waals surface area contributed by atoms with Gasteiger partial charge < -0.3 is 19.7 Å². The van der Waals surface area contributed by atoms with E-state index in [1.165, 1.54) is 9.47 Å². The van der Waals surface area contributed by atoms with Gasteiger partial charge in [0.25, 0.3) is 11.5 Å². The maximum Gasteiger partial charge on any atom is 0.265 e. The van der Waals surface area contributed by atoms with Crippen LogP contribution in [0.3, 0.4) is 0 Å². The van der Waals surface area contributed by atoms with Crippen molar-refractivity contribution in [3.63, 3.8) is 0 Å². The van der Waals surface area contributed by atoms with E-state index in [1.54, 1.807) is 67.6 Å². The number of aryl methyl sites for hydroxylation is 1. The Morgan fingerprint density at radius 3 is 2.49 bits per heavy atom. The molecule has 0 unspecified atom stereocenters. The molecule has 37 heavy (non-hydrogen) atoms. The van der Waals surface area contributed by atoms with Gasteiger partial charge in [0.05, 0.1) is 16.6 Å². The van der Waals surface area contributed by atoms with Crippen molar-refractivity contribution >= 4 is 28.4 Å². The van der Waals surface area contributed by atoms with E-state index in [1.807, 2.05) is 13.0 Å². The average molecular weight is 499 g/mol. The topological polar surface area (TPSA) is 103 Å². The molecule has 1 N–H and O–H groups in total. The Balaban J connectivity index is 1.30. The molecule has 1 aliphatic heterocycles. The molecule has 2 amide bonds. The Labute approximate surface area is 213 Å². The molecule has 188 valence electrons. The Hall–Kier alpha value is -4.66.